The summed E-state index contributed by atoms with van der Waals surface area (Å²) in [5.74, 6) is 0. The van der Waals surface area contributed by atoms with Crippen LogP contribution in [-0.4, -0.2) is 4.98 Å². The molecular weight excluding hydrogens is 234 g/mol. The molecule has 0 unspecified atom stereocenters. The molecule has 3 rings (SSSR count). The SMILES string of the molecule is Cc1ccc(-c2ccc(C)cc2)cc1.c1cocn1. The van der Waals surface area contributed by atoms with Gasteiger partial charge < -0.3 is 4.42 Å². The number of hydrogen-bond donors (Lipinski definition) is 0. The molecule has 2 nitrogen and oxygen atoms in total. The smallest absolute Gasteiger partial charge is 0.180 e. The summed E-state index contributed by atoms with van der Waals surface area (Å²) in [6, 6.07) is 17.3. The van der Waals surface area contributed by atoms with E-state index in [2.05, 4.69) is 71.8 Å². The number of benzene rings is 2. The lowest BCUT2D eigenvalue weighted by Gasteiger charge is -2.02. The third kappa shape index (κ3) is 4.11. The molecule has 0 spiro atoms. The first kappa shape index (κ1) is 13.1. The molecule has 1 heterocycles. The summed E-state index contributed by atoms with van der Waals surface area (Å²) < 4.78 is 4.47. The predicted molar refractivity (Wildman–Crippen MR) is 77.9 cm³/mol. The summed E-state index contributed by atoms with van der Waals surface area (Å²) in [6.07, 6.45) is 4.47. The van der Waals surface area contributed by atoms with Gasteiger partial charge in [-0.3, -0.25) is 0 Å². The van der Waals surface area contributed by atoms with Crippen LogP contribution in [0.25, 0.3) is 11.1 Å². The zero-order chi connectivity index (χ0) is 13.5. The Morgan fingerprint density at radius 2 is 1.21 bits per heavy atom. The second-order valence-corrected chi connectivity index (χ2v) is 4.41. The molecule has 3 aromatic rings. The highest BCUT2D eigenvalue weighted by atomic mass is 16.3. The van der Waals surface area contributed by atoms with Crippen molar-refractivity contribution in [1.82, 2.24) is 4.98 Å². The molecular formula is C17H17NO. The van der Waals surface area contributed by atoms with E-state index >= 15 is 0 Å². The second kappa shape index (κ2) is 6.55. The Morgan fingerprint density at radius 3 is 1.47 bits per heavy atom. The molecule has 0 saturated carbocycles. The van der Waals surface area contributed by atoms with Crippen LogP contribution < -0.4 is 0 Å². The van der Waals surface area contributed by atoms with E-state index in [1.165, 1.54) is 34.9 Å². The lowest BCUT2D eigenvalue weighted by Crippen LogP contribution is -1.78. The molecule has 0 bridgehead atoms. The van der Waals surface area contributed by atoms with E-state index in [4.69, 9.17) is 0 Å². The zero-order valence-corrected chi connectivity index (χ0v) is 11.2. The fourth-order valence-electron chi connectivity index (χ4n) is 1.67. The van der Waals surface area contributed by atoms with Gasteiger partial charge in [0.1, 0.15) is 6.26 Å². The van der Waals surface area contributed by atoms with Crippen molar-refractivity contribution in [3.63, 3.8) is 0 Å². The van der Waals surface area contributed by atoms with Crippen LogP contribution in [0.1, 0.15) is 11.1 Å². The van der Waals surface area contributed by atoms with Crippen molar-refractivity contribution in [3.8, 4) is 11.1 Å². The van der Waals surface area contributed by atoms with E-state index in [9.17, 15) is 0 Å². The average Bonchev–Trinajstić information content (AvgIpc) is 3.00. The van der Waals surface area contributed by atoms with E-state index in [0.29, 0.717) is 0 Å². The number of hydrogen-bond acceptors (Lipinski definition) is 2. The minimum absolute atomic E-state index is 1.29. The Morgan fingerprint density at radius 1 is 0.737 bits per heavy atom. The third-order valence-corrected chi connectivity index (χ3v) is 2.78. The highest BCUT2D eigenvalue weighted by Crippen LogP contribution is 2.19. The summed E-state index contributed by atoms with van der Waals surface area (Å²) in [7, 11) is 0. The maximum absolute atomic E-state index is 4.47. The van der Waals surface area contributed by atoms with Gasteiger partial charge in [0.2, 0.25) is 0 Å². The van der Waals surface area contributed by atoms with Gasteiger partial charge in [-0.25, -0.2) is 4.98 Å². The molecule has 0 atom stereocenters. The van der Waals surface area contributed by atoms with Crippen molar-refractivity contribution in [1.29, 1.82) is 0 Å². The predicted octanol–water partition coefficient (Wildman–Crippen LogP) is 4.65. The number of nitrogens with zero attached hydrogens (tertiary/aromatic N) is 1. The van der Waals surface area contributed by atoms with Crippen LogP contribution >= 0.6 is 0 Å². The number of oxazole rings is 1. The van der Waals surface area contributed by atoms with Crippen molar-refractivity contribution in [2.45, 2.75) is 13.8 Å². The molecule has 0 fully saturated rings. The highest BCUT2D eigenvalue weighted by molar-refractivity contribution is 5.63. The van der Waals surface area contributed by atoms with Gasteiger partial charge in [0.05, 0.1) is 6.20 Å². The van der Waals surface area contributed by atoms with E-state index in [-0.39, 0.29) is 0 Å². The number of rotatable bonds is 1. The van der Waals surface area contributed by atoms with Crippen LogP contribution in [0.15, 0.2) is 71.8 Å². The Balaban J connectivity index is 0.000000224. The Bertz CT molecular complexity index is 519. The molecule has 0 aliphatic heterocycles. The summed E-state index contributed by atoms with van der Waals surface area (Å²) in [6.45, 7) is 4.22. The minimum atomic E-state index is 1.29. The second-order valence-electron chi connectivity index (χ2n) is 4.41. The molecule has 2 heteroatoms. The van der Waals surface area contributed by atoms with Crippen LogP contribution in [0.4, 0.5) is 0 Å². The van der Waals surface area contributed by atoms with Gasteiger partial charge in [0, 0.05) is 0 Å². The van der Waals surface area contributed by atoms with E-state index in [0.717, 1.165) is 0 Å². The first-order chi connectivity index (χ1) is 9.25. The van der Waals surface area contributed by atoms with Crippen LogP contribution in [-0.2, 0) is 0 Å². The van der Waals surface area contributed by atoms with Crippen molar-refractivity contribution < 1.29 is 4.42 Å². The van der Waals surface area contributed by atoms with Gasteiger partial charge in [-0.2, -0.15) is 0 Å². The largest absolute Gasteiger partial charge is 0.452 e. The first-order valence-electron chi connectivity index (χ1n) is 6.21. The van der Waals surface area contributed by atoms with Gasteiger partial charge in [0.25, 0.3) is 0 Å². The maximum atomic E-state index is 4.47. The van der Waals surface area contributed by atoms with Crippen molar-refractivity contribution in [2.75, 3.05) is 0 Å². The summed E-state index contributed by atoms with van der Waals surface area (Å²) >= 11 is 0. The molecule has 1 aromatic heterocycles. The normalized spacial score (nSPS) is 9.58. The molecule has 19 heavy (non-hydrogen) atoms. The van der Waals surface area contributed by atoms with Crippen LogP contribution in [0, 0.1) is 13.8 Å². The Labute approximate surface area is 113 Å². The van der Waals surface area contributed by atoms with Crippen molar-refractivity contribution in [3.05, 3.63) is 78.5 Å². The van der Waals surface area contributed by atoms with Gasteiger partial charge in [-0.05, 0) is 25.0 Å². The fourth-order valence-corrected chi connectivity index (χ4v) is 1.67. The quantitative estimate of drug-likeness (QED) is 0.629. The van der Waals surface area contributed by atoms with Gasteiger partial charge in [-0.1, -0.05) is 59.7 Å². The number of aromatic nitrogens is 1. The third-order valence-electron chi connectivity index (χ3n) is 2.78. The molecule has 0 radical (unpaired) electrons. The lowest BCUT2D eigenvalue weighted by atomic mass is 10.0. The zero-order valence-electron chi connectivity index (χ0n) is 11.2. The van der Waals surface area contributed by atoms with Gasteiger partial charge in [-0.15, -0.1) is 0 Å². The fraction of sp³-hybridized carbons (Fsp3) is 0.118. The van der Waals surface area contributed by atoms with Gasteiger partial charge >= 0.3 is 0 Å². The Kier molecular flexibility index (Phi) is 4.51. The summed E-state index contributed by atoms with van der Waals surface area (Å²) in [5.41, 5.74) is 5.19. The molecule has 96 valence electrons. The van der Waals surface area contributed by atoms with Crippen LogP contribution in [0.5, 0.6) is 0 Å². The average molecular weight is 251 g/mol. The topological polar surface area (TPSA) is 26.0 Å². The highest BCUT2D eigenvalue weighted by Gasteiger charge is 1.95. The summed E-state index contributed by atoms with van der Waals surface area (Å²) in [4.78, 5) is 3.56. The minimum Gasteiger partial charge on any atom is -0.452 e. The van der Waals surface area contributed by atoms with Crippen LogP contribution in [0.2, 0.25) is 0 Å². The molecule has 0 aliphatic carbocycles. The van der Waals surface area contributed by atoms with Crippen LogP contribution in [0.3, 0.4) is 0 Å². The van der Waals surface area contributed by atoms with Crippen molar-refractivity contribution in [2.24, 2.45) is 0 Å². The maximum Gasteiger partial charge on any atom is 0.180 e. The molecule has 0 N–H and O–H groups in total. The summed E-state index contributed by atoms with van der Waals surface area (Å²) in [5, 5.41) is 0. The molecule has 0 amide bonds. The lowest BCUT2D eigenvalue weighted by molar-refractivity contribution is 0.558. The Hall–Kier alpha value is -2.35. The monoisotopic (exact) mass is 251 g/mol. The molecule has 2 aromatic carbocycles. The van der Waals surface area contributed by atoms with E-state index in [1.807, 2.05) is 0 Å². The number of aryl methyl sites for hydroxylation is 2. The van der Waals surface area contributed by atoms with Crippen molar-refractivity contribution >= 4 is 0 Å². The molecule has 0 saturated heterocycles. The van der Waals surface area contributed by atoms with E-state index < -0.39 is 0 Å². The standard InChI is InChI=1S/C14H14.C3H3NO/c1-11-3-7-13(8-4-11)14-9-5-12(2)6-10-14;1-2-5-3-4-1/h3-10H,1-2H3;1-3H. The van der Waals surface area contributed by atoms with E-state index in [1.54, 1.807) is 6.20 Å². The van der Waals surface area contributed by atoms with Gasteiger partial charge in [0.15, 0.2) is 6.39 Å². The first-order valence-corrected chi connectivity index (χ1v) is 6.21. The molecule has 0 aliphatic rings.